The molecule has 0 spiro atoms. The van der Waals surface area contributed by atoms with Crippen molar-refractivity contribution < 1.29 is 24.2 Å². The van der Waals surface area contributed by atoms with Crippen molar-refractivity contribution in [3.05, 3.63) is 62.9 Å². The molecule has 1 unspecified atom stereocenters. The highest BCUT2D eigenvalue weighted by molar-refractivity contribution is 5.98. The number of pyridine rings is 2. The second-order valence-corrected chi connectivity index (χ2v) is 8.09. The minimum atomic E-state index is -1.87. The van der Waals surface area contributed by atoms with Gasteiger partial charge in [0, 0.05) is 28.3 Å². The van der Waals surface area contributed by atoms with Gasteiger partial charge in [-0.05, 0) is 36.3 Å². The van der Waals surface area contributed by atoms with E-state index in [0.717, 1.165) is 5.56 Å². The Hall–Kier alpha value is -3.98. The van der Waals surface area contributed by atoms with Gasteiger partial charge in [0.05, 0.1) is 36.1 Å². The number of methoxy groups -OCH3 is 1. The fraction of sp³-hybridized carbons (Fsp3) is 0.250. The van der Waals surface area contributed by atoms with E-state index in [1.54, 1.807) is 35.8 Å². The lowest BCUT2D eigenvalue weighted by atomic mass is 9.86. The quantitative estimate of drug-likeness (QED) is 0.276. The van der Waals surface area contributed by atoms with E-state index in [0.29, 0.717) is 33.5 Å². The number of carbonyl (C=O) groups excluding carboxylic acids is 2. The fourth-order valence-electron chi connectivity index (χ4n) is 4.46. The molecule has 1 aromatic carbocycles. The molecule has 33 heavy (non-hydrogen) atoms. The summed E-state index contributed by atoms with van der Waals surface area (Å²) in [6.45, 7) is 1.76. The van der Waals surface area contributed by atoms with Gasteiger partial charge in [-0.1, -0.05) is 13.0 Å². The molecule has 2 aromatic heterocycles. The first-order valence-electron chi connectivity index (χ1n) is 10.4. The molecule has 2 aliphatic heterocycles. The average molecular weight is 447 g/mol. The summed E-state index contributed by atoms with van der Waals surface area (Å²) in [6.07, 6.45) is 2.94. The summed E-state index contributed by atoms with van der Waals surface area (Å²) < 4.78 is 11.3. The predicted molar refractivity (Wildman–Crippen MR) is 120 cm³/mol. The van der Waals surface area contributed by atoms with E-state index in [1.807, 2.05) is 6.07 Å². The number of cyclic esters (lactones) is 1. The number of aliphatic hydroxyl groups is 1. The lowest BCUT2D eigenvalue weighted by Crippen LogP contribution is -2.44. The Labute approximate surface area is 188 Å². The maximum atomic E-state index is 13.2. The highest BCUT2D eigenvalue weighted by Gasteiger charge is 2.45. The molecule has 0 saturated heterocycles. The smallest absolute Gasteiger partial charge is 0.343 e. The van der Waals surface area contributed by atoms with Crippen LogP contribution in [0.5, 0.6) is 0 Å². The molecule has 0 aliphatic carbocycles. The molecule has 0 fully saturated rings. The SMILES string of the molecule is CCC1(O)C(=O)OCc2c1cc1n(c2=O)Cc2cc3c(N)c(C=CC(=O)OC)ccc3nc2-1. The van der Waals surface area contributed by atoms with Crippen LogP contribution in [0.2, 0.25) is 0 Å². The largest absolute Gasteiger partial charge is 0.466 e. The normalized spacial score (nSPS) is 18.7. The Bertz CT molecular complexity index is 1460. The van der Waals surface area contributed by atoms with E-state index < -0.39 is 17.5 Å². The molecule has 168 valence electrons. The highest BCUT2D eigenvalue weighted by atomic mass is 16.6. The first kappa shape index (κ1) is 20.9. The van der Waals surface area contributed by atoms with Gasteiger partial charge in [0.1, 0.15) is 6.61 Å². The predicted octanol–water partition coefficient (Wildman–Crippen LogP) is 1.85. The summed E-state index contributed by atoms with van der Waals surface area (Å²) in [4.78, 5) is 41.7. The van der Waals surface area contributed by atoms with Crippen LogP contribution < -0.4 is 11.3 Å². The molecule has 0 saturated carbocycles. The molecule has 9 nitrogen and oxygen atoms in total. The number of nitrogens with two attached hydrogens (primary N) is 1. The van der Waals surface area contributed by atoms with E-state index in [4.69, 9.17) is 15.5 Å². The molecular weight excluding hydrogens is 426 g/mol. The number of benzene rings is 1. The Kier molecular flexibility index (Phi) is 4.61. The summed E-state index contributed by atoms with van der Waals surface area (Å²) in [5.41, 5.74) is 8.32. The van der Waals surface area contributed by atoms with Crippen LogP contribution in [0.25, 0.3) is 28.4 Å². The van der Waals surface area contributed by atoms with Crippen molar-refractivity contribution in [1.29, 1.82) is 0 Å². The van der Waals surface area contributed by atoms with Crippen molar-refractivity contribution >= 4 is 34.6 Å². The van der Waals surface area contributed by atoms with Gasteiger partial charge >= 0.3 is 11.9 Å². The minimum absolute atomic E-state index is 0.0815. The molecule has 1 atom stereocenters. The molecule has 5 rings (SSSR count). The van der Waals surface area contributed by atoms with Crippen molar-refractivity contribution in [2.45, 2.75) is 32.1 Å². The van der Waals surface area contributed by atoms with E-state index in [2.05, 4.69) is 4.74 Å². The molecule has 0 amide bonds. The number of anilines is 1. The van der Waals surface area contributed by atoms with Gasteiger partial charge in [0.2, 0.25) is 0 Å². The molecule has 3 N–H and O–H groups in total. The van der Waals surface area contributed by atoms with Crippen LogP contribution in [-0.2, 0) is 37.8 Å². The Morgan fingerprint density at radius 3 is 2.88 bits per heavy atom. The summed E-state index contributed by atoms with van der Waals surface area (Å²) >= 11 is 0. The van der Waals surface area contributed by atoms with E-state index in [1.165, 1.54) is 13.2 Å². The first-order valence-corrected chi connectivity index (χ1v) is 10.4. The number of carbonyl (C=O) groups is 2. The number of nitrogen functional groups attached to an aromatic ring is 1. The summed E-state index contributed by atoms with van der Waals surface area (Å²) in [6, 6.07) is 7.07. The number of ether oxygens (including phenoxy) is 2. The maximum Gasteiger partial charge on any atom is 0.343 e. The molecule has 0 bridgehead atoms. The fourth-order valence-corrected chi connectivity index (χ4v) is 4.46. The lowest BCUT2D eigenvalue weighted by Gasteiger charge is -2.31. The first-order chi connectivity index (χ1) is 15.8. The Balaban J connectivity index is 1.67. The second kappa shape index (κ2) is 7.28. The van der Waals surface area contributed by atoms with Gasteiger partial charge in [-0.25, -0.2) is 14.6 Å². The number of hydrogen-bond donors (Lipinski definition) is 2. The zero-order valence-corrected chi connectivity index (χ0v) is 18.0. The molecule has 2 aliphatic rings. The third-order valence-electron chi connectivity index (χ3n) is 6.37. The topological polar surface area (TPSA) is 134 Å². The third-order valence-corrected chi connectivity index (χ3v) is 6.37. The van der Waals surface area contributed by atoms with E-state index in [-0.39, 0.29) is 36.3 Å². The van der Waals surface area contributed by atoms with Crippen molar-refractivity contribution in [2.75, 3.05) is 12.8 Å². The summed E-state index contributed by atoms with van der Waals surface area (Å²) in [7, 11) is 1.30. The number of nitrogens with zero attached hydrogens (tertiary/aromatic N) is 2. The van der Waals surface area contributed by atoms with Crippen LogP contribution in [0.15, 0.2) is 35.1 Å². The molecule has 9 heteroatoms. The third kappa shape index (κ3) is 2.96. The zero-order chi connectivity index (χ0) is 23.5. The number of esters is 2. The molecule has 3 aromatic rings. The van der Waals surface area contributed by atoms with Gasteiger partial charge in [0.15, 0.2) is 5.60 Å². The van der Waals surface area contributed by atoms with Crippen molar-refractivity contribution in [2.24, 2.45) is 0 Å². The maximum absolute atomic E-state index is 13.2. The standard InChI is InChI=1S/C24H21N3O6/c1-3-24(31)16-9-18-21-13(10-27(18)22(29)15(16)11-33-23(24)30)8-14-17(26-21)6-4-12(20(14)25)5-7-19(28)32-2/h4-9,31H,3,10-11,25H2,1-2H3. The Morgan fingerprint density at radius 2 is 2.15 bits per heavy atom. The van der Waals surface area contributed by atoms with Crippen LogP contribution >= 0.6 is 0 Å². The summed E-state index contributed by atoms with van der Waals surface area (Å²) in [5, 5.41) is 11.6. The number of hydrogen-bond acceptors (Lipinski definition) is 8. The Morgan fingerprint density at radius 1 is 1.36 bits per heavy atom. The lowest BCUT2D eigenvalue weighted by molar-refractivity contribution is -0.172. The van der Waals surface area contributed by atoms with Gasteiger partial charge in [-0.15, -0.1) is 0 Å². The van der Waals surface area contributed by atoms with E-state index in [9.17, 15) is 19.5 Å². The second-order valence-electron chi connectivity index (χ2n) is 8.09. The van der Waals surface area contributed by atoms with Crippen LogP contribution in [0.3, 0.4) is 0 Å². The number of aromatic nitrogens is 2. The molecular formula is C24H21N3O6. The van der Waals surface area contributed by atoms with E-state index >= 15 is 0 Å². The van der Waals surface area contributed by atoms with Crippen molar-refractivity contribution in [3.63, 3.8) is 0 Å². The van der Waals surface area contributed by atoms with Crippen LogP contribution in [0.1, 0.15) is 35.6 Å². The summed E-state index contributed by atoms with van der Waals surface area (Å²) in [5.74, 6) is -1.25. The minimum Gasteiger partial charge on any atom is -0.466 e. The van der Waals surface area contributed by atoms with Gasteiger partial charge < -0.3 is 24.9 Å². The number of rotatable bonds is 3. The highest BCUT2D eigenvalue weighted by Crippen LogP contribution is 2.39. The zero-order valence-electron chi connectivity index (χ0n) is 18.0. The van der Waals surface area contributed by atoms with Gasteiger partial charge in [-0.2, -0.15) is 0 Å². The monoisotopic (exact) mass is 447 g/mol. The molecule has 0 radical (unpaired) electrons. The van der Waals surface area contributed by atoms with Gasteiger partial charge in [0.25, 0.3) is 5.56 Å². The average Bonchev–Trinajstić information content (AvgIpc) is 3.18. The van der Waals surface area contributed by atoms with Crippen LogP contribution in [0, 0.1) is 0 Å². The van der Waals surface area contributed by atoms with Gasteiger partial charge in [-0.3, -0.25) is 4.79 Å². The molecule has 4 heterocycles. The van der Waals surface area contributed by atoms with Crippen molar-refractivity contribution in [1.82, 2.24) is 9.55 Å². The van der Waals surface area contributed by atoms with Crippen LogP contribution in [0.4, 0.5) is 5.69 Å². The van der Waals surface area contributed by atoms with Crippen LogP contribution in [-0.4, -0.2) is 33.7 Å². The van der Waals surface area contributed by atoms with Crippen molar-refractivity contribution in [3.8, 4) is 11.4 Å². The number of fused-ring (bicyclic) bond motifs is 5.